The molecule has 20 heavy (non-hydrogen) atoms. The molecule has 2 atom stereocenters. The highest BCUT2D eigenvalue weighted by Crippen LogP contribution is 2.12. The van der Waals surface area contributed by atoms with Crippen molar-refractivity contribution in [3.63, 3.8) is 0 Å². The summed E-state index contributed by atoms with van der Waals surface area (Å²) in [7, 11) is 0. The molecule has 0 saturated heterocycles. The lowest BCUT2D eigenvalue weighted by atomic mass is 10.0. The van der Waals surface area contributed by atoms with E-state index in [4.69, 9.17) is 17.2 Å². The Morgan fingerprint density at radius 3 is 2.25 bits per heavy atom. The summed E-state index contributed by atoms with van der Waals surface area (Å²) in [5.74, 6) is -0.458. The van der Waals surface area contributed by atoms with E-state index in [1.165, 1.54) is 0 Å². The first-order valence-electron chi connectivity index (χ1n) is 6.88. The second-order valence-electron chi connectivity index (χ2n) is 5.27. The Balaban J connectivity index is 4.83. The molecule has 3 amide bonds. The van der Waals surface area contributed by atoms with Crippen molar-refractivity contribution < 1.29 is 14.4 Å². The molecule has 0 spiro atoms. The van der Waals surface area contributed by atoms with Gasteiger partial charge in [-0.15, -0.1) is 0 Å². The van der Waals surface area contributed by atoms with Crippen molar-refractivity contribution in [3.8, 4) is 0 Å². The molecule has 0 aliphatic heterocycles. The summed E-state index contributed by atoms with van der Waals surface area (Å²) >= 11 is 0. The molecule has 0 aliphatic rings. The lowest BCUT2D eigenvalue weighted by molar-refractivity contribution is -0.134. The summed E-state index contributed by atoms with van der Waals surface area (Å²) in [6, 6.07) is -2.65. The van der Waals surface area contributed by atoms with Crippen LogP contribution in [-0.4, -0.2) is 41.8 Å². The van der Waals surface area contributed by atoms with Crippen LogP contribution in [0.15, 0.2) is 0 Å². The van der Waals surface area contributed by atoms with Crippen molar-refractivity contribution >= 4 is 18.2 Å². The molecule has 0 aromatic rings. The van der Waals surface area contributed by atoms with E-state index in [0.717, 1.165) is 11.3 Å². The number of nitrogens with zero attached hydrogens (tertiary/aromatic N) is 1. The molecule has 0 unspecified atom stereocenters. The first-order chi connectivity index (χ1) is 9.34. The van der Waals surface area contributed by atoms with E-state index in [0.29, 0.717) is 32.1 Å². The number of amides is 3. The smallest absolute Gasteiger partial charge is 0.322 e. The van der Waals surface area contributed by atoms with Crippen molar-refractivity contribution in [3.05, 3.63) is 0 Å². The second-order valence-corrected chi connectivity index (χ2v) is 5.27. The second kappa shape index (κ2) is 9.44. The molecule has 0 rings (SSSR count). The van der Waals surface area contributed by atoms with Crippen LogP contribution in [0.1, 0.15) is 39.5 Å². The van der Waals surface area contributed by atoms with Crippen LogP contribution >= 0.6 is 0 Å². The highest BCUT2D eigenvalue weighted by molar-refractivity contribution is 5.98. The fourth-order valence-electron chi connectivity index (χ4n) is 1.95. The van der Waals surface area contributed by atoms with Gasteiger partial charge < -0.3 is 22.0 Å². The Bertz CT molecular complexity index is 334. The third-order valence-corrected chi connectivity index (χ3v) is 2.96. The third kappa shape index (κ3) is 6.12. The van der Waals surface area contributed by atoms with Gasteiger partial charge in [0.1, 0.15) is 6.29 Å². The number of carbonyl (C=O) groups is 3. The highest BCUT2D eigenvalue weighted by atomic mass is 16.2. The van der Waals surface area contributed by atoms with E-state index in [1.807, 2.05) is 13.8 Å². The van der Waals surface area contributed by atoms with E-state index in [2.05, 4.69) is 0 Å². The summed E-state index contributed by atoms with van der Waals surface area (Å²) in [5.41, 5.74) is 16.3. The predicted molar refractivity (Wildman–Crippen MR) is 76.6 cm³/mol. The zero-order valence-electron chi connectivity index (χ0n) is 12.2. The molecular weight excluding hydrogens is 260 g/mol. The minimum Gasteiger partial charge on any atom is -0.351 e. The maximum absolute atomic E-state index is 12.2. The van der Waals surface area contributed by atoms with Crippen LogP contribution < -0.4 is 17.2 Å². The summed E-state index contributed by atoms with van der Waals surface area (Å²) in [4.78, 5) is 35.5. The zero-order valence-corrected chi connectivity index (χ0v) is 12.2. The molecule has 0 bridgehead atoms. The Kier molecular flexibility index (Phi) is 8.74. The van der Waals surface area contributed by atoms with E-state index in [-0.39, 0.29) is 5.92 Å². The third-order valence-electron chi connectivity index (χ3n) is 2.96. The van der Waals surface area contributed by atoms with E-state index in [9.17, 15) is 14.4 Å². The van der Waals surface area contributed by atoms with Gasteiger partial charge in [-0.25, -0.2) is 4.79 Å². The SMILES string of the molecule is CC(C)C[C@@H](C=O)N(C(N)=O)C(=O)[C@H](N)CCCCN. The minimum absolute atomic E-state index is 0.147. The summed E-state index contributed by atoms with van der Waals surface area (Å²) < 4.78 is 0. The van der Waals surface area contributed by atoms with Gasteiger partial charge in [0.05, 0.1) is 12.1 Å². The quantitative estimate of drug-likeness (QED) is 0.404. The van der Waals surface area contributed by atoms with Crippen molar-refractivity contribution in [2.45, 2.75) is 51.6 Å². The first kappa shape index (κ1) is 18.5. The Morgan fingerprint density at radius 2 is 1.85 bits per heavy atom. The van der Waals surface area contributed by atoms with Crippen molar-refractivity contribution in [1.82, 2.24) is 4.90 Å². The fourth-order valence-corrected chi connectivity index (χ4v) is 1.95. The Morgan fingerprint density at radius 1 is 1.25 bits per heavy atom. The van der Waals surface area contributed by atoms with Gasteiger partial charge in [-0.05, 0) is 31.7 Å². The normalized spacial score (nSPS) is 13.8. The lowest BCUT2D eigenvalue weighted by Crippen LogP contribution is -2.54. The minimum atomic E-state index is -0.943. The average Bonchev–Trinajstić information content (AvgIpc) is 2.36. The van der Waals surface area contributed by atoms with Gasteiger partial charge in [0.25, 0.3) is 0 Å². The van der Waals surface area contributed by atoms with Crippen LogP contribution in [-0.2, 0) is 9.59 Å². The number of carbonyl (C=O) groups excluding carboxylic acids is 3. The molecule has 0 aromatic carbocycles. The number of hydrogen-bond donors (Lipinski definition) is 3. The molecule has 0 heterocycles. The first-order valence-corrected chi connectivity index (χ1v) is 6.88. The molecular formula is C13H26N4O3. The van der Waals surface area contributed by atoms with E-state index >= 15 is 0 Å². The van der Waals surface area contributed by atoms with Crippen molar-refractivity contribution in [2.24, 2.45) is 23.1 Å². The number of urea groups is 1. The monoisotopic (exact) mass is 286 g/mol. The zero-order chi connectivity index (χ0) is 15.7. The van der Waals surface area contributed by atoms with E-state index in [1.54, 1.807) is 0 Å². The molecule has 116 valence electrons. The van der Waals surface area contributed by atoms with Crippen LogP contribution in [0.2, 0.25) is 0 Å². The number of aldehydes is 1. The molecule has 0 fully saturated rings. The summed E-state index contributed by atoms with van der Waals surface area (Å²) in [5, 5.41) is 0. The number of imide groups is 1. The Hall–Kier alpha value is -1.47. The summed E-state index contributed by atoms with van der Waals surface area (Å²) in [6.07, 6.45) is 2.78. The van der Waals surface area contributed by atoms with Gasteiger partial charge in [-0.2, -0.15) is 0 Å². The molecule has 6 N–H and O–H groups in total. The van der Waals surface area contributed by atoms with Gasteiger partial charge in [0, 0.05) is 0 Å². The van der Waals surface area contributed by atoms with Gasteiger partial charge in [-0.3, -0.25) is 9.69 Å². The van der Waals surface area contributed by atoms with Crippen LogP contribution in [0.5, 0.6) is 0 Å². The molecule has 0 saturated carbocycles. The van der Waals surface area contributed by atoms with Gasteiger partial charge in [-0.1, -0.05) is 20.3 Å². The van der Waals surface area contributed by atoms with Crippen LogP contribution in [0, 0.1) is 5.92 Å². The van der Waals surface area contributed by atoms with Crippen molar-refractivity contribution in [1.29, 1.82) is 0 Å². The predicted octanol–water partition coefficient (Wildman–Crippen LogP) is -0.0364. The molecule has 7 heteroatoms. The van der Waals surface area contributed by atoms with Crippen LogP contribution in [0.25, 0.3) is 0 Å². The maximum atomic E-state index is 12.2. The average molecular weight is 286 g/mol. The maximum Gasteiger partial charge on any atom is 0.322 e. The molecule has 0 aliphatic carbocycles. The Labute approximate surface area is 119 Å². The van der Waals surface area contributed by atoms with Crippen molar-refractivity contribution in [2.75, 3.05) is 6.54 Å². The number of primary amides is 1. The largest absolute Gasteiger partial charge is 0.351 e. The number of rotatable bonds is 9. The fraction of sp³-hybridized carbons (Fsp3) is 0.769. The van der Waals surface area contributed by atoms with Crippen LogP contribution in [0.4, 0.5) is 4.79 Å². The standard InChI is InChI=1S/C13H26N4O3/c1-9(2)7-10(8-18)17(13(16)20)12(19)11(15)5-3-4-6-14/h8-11H,3-7,14-15H2,1-2H3,(H2,16,20)/t10-,11+/m0/s1. The van der Waals surface area contributed by atoms with Gasteiger partial charge >= 0.3 is 6.03 Å². The summed E-state index contributed by atoms with van der Waals surface area (Å²) in [6.45, 7) is 4.30. The van der Waals surface area contributed by atoms with E-state index < -0.39 is 24.0 Å². The van der Waals surface area contributed by atoms with Gasteiger partial charge in [0.2, 0.25) is 5.91 Å². The van der Waals surface area contributed by atoms with Gasteiger partial charge in [0.15, 0.2) is 0 Å². The molecule has 0 radical (unpaired) electrons. The number of unbranched alkanes of at least 4 members (excludes halogenated alkanes) is 1. The number of hydrogen-bond acceptors (Lipinski definition) is 5. The number of nitrogens with two attached hydrogens (primary N) is 3. The molecule has 7 nitrogen and oxygen atoms in total. The topological polar surface area (TPSA) is 133 Å². The lowest BCUT2D eigenvalue weighted by Gasteiger charge is -2.28. The van der Waals surface area contributed by atoms with Crippen LogP contribution in [0.3, 0.4) is 0 Å². The molecule has 0 aromatic heterocycles. The highest BCUT2D eigenvalue weighted by Gasteiger charge is 2.31.